The van der Waals surface area contributed by atoms with Crippen molar-refractivity contribution in [2.75, 3.05) is 0 Å². The summed E-state index contributed by atoms with van der Waals surface area (Å²) in [6, 6.07) is 9.53. The SMILES string of the molecule is O=C(NC1CCCCC1)c1cc(Cl)c2ccccc2n1. The molecule has 0 radical (unpaired) electrons. The van der Waals surface area contributed by atoms with Crippen molar-refractivity contribution in [3.8, 4) is 0 Å². The molecular weight excluding hydrogens is 272 g/mol. The smallest absolute Gasteiger partial charge is 0.270 e. The van der Waals surface area contributed by atoms with Gasteiger partial charge in [-0.25, -0.2) is 4.98 Å². The van der Waals surface area contributed by atoms with E-state index in [1.54, 1.807) is 6.07 Å². The Morgan fingerprint density at radius 2 is 1.95 bits per heavy atom. The molecule has 4 heteroatoms. The maximum Gasteiger partial charge on any atom is 0.270 e. The Balaban J connectivity index is 1.84. The van der Waals surface area contributed by atoms with Gasteiger partial charge >= 0.3 is 0 Å². The quantitative estimate of drug-likeness (QED) is 0.909. The van der Waals surface area contributed by atoms with Crippen molar-refractivity contribution in [2.24, 2.45) is 0 Å². The van der Waals surface area contributed by atoms with E-state index in [9.17, 15) is 4.79 Å². The van der Waals surface area contributed by atoms with Gasteiger partial charge in [0.05, 0.1) is 10.5 Å². The van der Waals surface area contributed by atoms with Gasteiger partial charge in [-0.1, -0.05) is 49.1 Å². The topological polar surface area (TPSA) is 42.0 Å². The van der Waals surface area contributed by atoms with Crippen molar-refractivity contribution < 1.29 is 4.79 Å². The third-order valence-electron chi connectivity index (χ3n) is 3.84. The summed E-state index contributed by atoms with van der Waals surface area (Å²) in [5.41, 5.74) is 1.16. The van der Waals surface area contributed by atoms with Crippen LogP contribution in [-0.2, 0) is 0 Å². The van der Waals surface area contributed by atoms with Crippen LogP contribution < -0.4 is 5.32 Å². The zero-order chi connectivity index (χ0) is 13.9. The molecule has 2 aromatic rings. The molecule has 0 atom stereocenters. The van der Waals surface area contributed by atoms with Crippen LogP contribution >= 0.6 is 11.6 Å². The van der Waals surface area contributed by atoms with Gasteiger partial charge in [-0.3, -0.25) is 4.79 Å². The molecule has 0 saturated heterocycles. The summed E-state index contributed by atoms with van der Waals surface area (Å²) in [6.07, 6.45) is 5.78. The lowest BCUT2D eigenvalue weighted by molar-refractivity contribution is 0.0923. The van der Waals surface area contributed by atoms with Gasteiger partial charge in [0, 0.05) is 11.4 Å². The molecule has 3 nitrogen and oxygen atoms in total. The molecule has 1 aromatic heterocycles. The second-order valence-corrected chi connectivity index (χ2v) is 5.72. The summed E-state index contributed by atoms with van der Waals surface area (Å²) in [7, 11) is 0. The standard InChI is InChI=1S/C16H17ClN2O/c17-13-10-15(19-14-9-5-4-8-12(13)14)16(20)18-11-6-2-1-3-7-11/h4-5,8-11H,1-3,6-7H2,(H,18,20). The van der Waals surface area contributed by atoms with Gasteiger partial charge in [0.25, 0.3) is 5.91 Å². The zero-order valence-electron chi connectivity index (χ0n) is 11.2. The van der Waals surface area contributed by atoms with Crippen molar-refractivity contribution in [3.63, 3.8) is 0 Å². The first-order valence-electron chi connectivity index (χ1n) is 7.10. The predicted octanol–water partition coefficient (Wildman–Crippen LogP) is 3.95. The molecule has 0 aliphatic heterocycles. The van der Waals surface area contributed by atoms with Gasteiger partial charge in [-0.15, -0.1) is 0 Å². The van der Waals surface area contributed by atoms with Crippen LogP contribution in [0.15, 0.2) is 30.3 Å². The number of amides is 1. The van der Waals surface area contributed by atoms with Crippen LogP contribution in [0.4, 0.5) is 0 Å². The number of carbonyl (C=O) groups is 1. The van der Waals surface area contributed by atoms with E-state index in [1.165, 1.54) is 19.3 Å². The fourth-order valence-electron chi connectivity index (χ4n) is 2.76. The Morgan fingerprint density at radius 1 is 1.20 bits per heavy atom. The van der Waals surface area contributed by atoms with Gasteiger partial charge in [-0.2, -0.15) is 0 Å². The third-order valence-corrected chi connectivity index (χ3v) is 4.15. The number of pyridine rings is 1. The fraction of sp³-hybridized carbons (Fsp3) is 0.375. The van der Waals surface area contributed by atoms with Crippen molar-refractivity contribution in [1.82, 2.24) is 10.3 Å². The van der Waals surface area contributed by atoms with Gasteiger partial charge in [0.15, 0.2) is 0 Å². The van der Waals surface area contributed by atoms with Crippen molar-refractivity contribution in [1.29, 1.82) is 0 Å². The van der Waals surface area contributed by atoms with E-state index in [4.69, 9.17) is 11.6 Å². The number of hydrogen-bond donors (Lipinski definition) is 1. The minimum atomic E-state index is -0.121. The van der Waals surface area contributed by atoms with E-state index >= 15 is 0 Å². The molecule has 0 spiro atoms. The second kappa shape index (κ2) is 5.80. The highest BCUT2D eigenvalue weighted by Crippen LogP contribution is 2.23. The zero-order valence-corrected chi connectivity index (χ0v) is 12.0. The van der Waals surface area contributed by atoms with E-state index in [0.29, 0.717) is 10.7 Å². The number of hydrogen-bond acceptors (Lipinski definition) is 2. The first-order valence-corrected chi connectivity index (χ1v) is 7.48. The minimum absolute atomic E-state index is 0.121. The maximum atomic E-state index is 12.3. The highest BCUT2D eigenvalue weighted by atomic mass is 35.5. The molecule has 1 aliphatic carbocycles. The molecule has 0 bridgehead atoms. The second-order valence-electron chi connectivity index (χ2n) is 5.31. The van der Waals surface area contributed by atoms with Crippen LogP contribution in [0, 0.1) is 0 Å². The molecule has 1 N–H and O–H groups in total. The number of para-hydroxylation sites is 1. The monoisotopic (exact) mass is 288 g/mol. The molecule has 1 aromatic carbocycles. The number of rotatable bonds is 2. The van der Waals surface area contributed by atoms with Gasteiger partial charge in [0.2, 0.25) is 0 Å². The maximum absolute atomic E-state index is 12.3. The van der Waals surface area contributed by atoms with Gasteiger partial charge < -0.3 is 5.32 Å². The summed E-state index contributed by atoms with van der Waals surface area (Å²) >= 11 is 6.23. The molecule has 3 rings (SSSR count). The van der Waals surface area contributed by atoms with Crippen molar-refractivity contribution >= 4 is 28.4 Å². The van der Waals surface area contributed by atoms with Gasteiger partial charge in [-0.05, 0) is 25.0 Å². The molecule has 1 saturated carbocycles. The van der Waals surface area contributed by atoms with Crippen molar-refractivity contribution in [3.05, 3.63) is 41.0 Å². The molecule has 0 unspecified atom stereocenters. The van der Waals surface area contributed by atoms with Crippen LogP contribution in [0.3, 0.4) is 0 Å². The molecule has 20 heavy (non-hydrogen) atoms. The summed E-state index contributed by atoms with van der Waals surface area (Å²) in [5.74, 6) is -0.121. The number of benzene rings is 1. The van der Waals surface area contributed by atoms with E-state index in [0.717, 1.165) is 23.7 Å². The molecule has 1 heterocycles. The average Bonchev–Trinajstić information content (AvgIpc) is 2.48. The highest BCUT2D eigenvalue weighted by molar-refractivity contribution is 6.35. The number of nitrogens with one attached hydrogen (secondary N) is 1. The number of carbonyl (C=O) groups excluding carboxylic acids is 1. The van der Waals surface area contributed by atoms with E-state index in [-0.39, 0.29) is 11.9 Å². The lowest BCUT2D eigenvalue weighted by Crippen LogP contribution is -2.36. The summed E-state index contributed by atoms with van der Waals surface area (Å²) in [5, 5.41) is 4.52. The first-order chi connectivity index (χ1) is 9.74. The first kappa shape index (κ1) is 13.4. The Hall–Kier alpha value is -1.61. The Labute approximate surface area is 123 Å². The van der Waals surface area contributed by atoms with Gasteiger partial charge in [0.1, 0.15) is 5.69 Å². The normalized spacial score (nSPS) is 16.2. The largest absolute Gasteiger partial charge is 0.348 e. The highest BCUT2D eigenvalue weighted by Gasteiger charge is 2.18. The van der Waals surface area contributed by atoms with Crippen LogP contribution in [0.25, 0.3) is 10.9 Å². The lowest BCUT2D eigenvalue weighted by atomic mass is 9.95. The van der Waals surface area contributed by atoms with Crippen molar-refractivity contribution in [2.45, 2.75) is 38.1 Å². The lowest BCUT2D eigenvalue weighted by Gasteiger charge is -2.22. The Kier molecular flexibility index (Phi) is 3.88. The molecule has 1 amide bonds. The summed E-state index contributed by atoms with van der Waals surface area (Å²) in [6.45, 7) is 0. The van der Waals surface area contributed by atoms with Crippen LogP contribution in [0.2, 0.25) is 5.02 Å². The number of halogens is 1. The fourth-order valence-corrected chi connectivity index (χ4v) is 3.02. The summed E-state index contributed by atoms with van der Waals surface area (Å²) < 4.78 is 0. The molecule has 104 valence electrons. The molecule has 1 aliphatic rings. The predicted molar refractivity (Wildman–Crippen MR) is 81.1 cm³/mol. The Bertz CT molecular complexity index is 635. The molecular formula is C16H17ClN2O. The molecule has 1 fully saturated rings. The summed E-state index contributed by atoms with van der Waals surface area (Å²) in [4.78, 5) is 16.7. The third kappa shape index (κ3) is 2.78. The Morgan fingerprint density at radius 3 is 2.75 bits per heavy atom. The minimum Gasteiger partial charge on any atom is -0.348 e. The van der Waals surface area contributed by atoms with E-state index in [1.807, 2.05) is 24.3 Å². The number of aromatic nitrogens is 1. The van der Waals surface area contributed by atoms with E-state index < -0.39 is 0 Å². The van der Waals surface area contributed by atoms with E-state index in [2.05, 4.69) is 10.3 Å². The average molecular weight is 289 g/mol. The number of nitrogens with zero attached hydrogens (tertiary/aromatic N) is 1. The number of fused-ring (bicyclic) bond motifs is 1. The van der Waals surface area contributed by atoms with Crippen LogP contribution in [-0.4, -0.2) is 16.9 Å². The van der Waals surface area contributed by atoms with Crippen LogP contribution in [0.1, 0.15) is 42.6 Å². The van der Waals surface area contributed by atoms with Crippen LogP contribution in [0.5, 0.6) is 0 Å².